The highest BCUT2D eigenvalue weighted by Gasteiger charge is 2.33. The summed E-state index contributed by atoms with van der Waals surface area (Å²) in [6.45, 7) is 0.760. The summed E-state index contributed by atoms with van der Waals surface area (Å²) in [6.07, 6.45) is 0. The van der Waals surface area contributed by atoms with Gasteiger partial charge in [0, 0.05) is 34.7 Å². The molecule has 4 aromatic rings. The van der Waals surface area contributed by atoms with Crippen LogP contribution < -0.4 is 5.73 Å². The molecule has 1 aliphatic heterocycles. The van der Waals surface area contributed by atoms with Crippen LogP contribution in [0.5, 0.6) is 0 Å². The number of rotatable bonds is 4. The molecule has 164 valence electrons. The van der Waals surface area contributed by atoms with Gasteiger partial charge in [-0.3, -0.25) is 4.79 Å². The van der Waals surface area contributed by atoms with Crippen molar-refractivity contribution in [2.75, 3.05) is 25.4 Å². The van der Waals surface area contributed by atoms with Gasteiger partial charge >= 0.3 is 0 Å². The van der Waals surface area contributed by atoms with Crippen LogP contribution in [0.1, 0.15) is 5.56 Å². The summed E-state index contributed by atoms with van der Waals surface area (Å²) in [5.41, 5.74) is 7.46. The number of benzene rings is 2. The van der Waals surface area contributed by atoms with Crippen LogP contribution in [0.2, 0.25) is 5.02 Å². The van der Waals surface area contributed by atoms with Gasteiger partial charge in [0.1, 0.15) is 10.0 Å². The van der Waals surface area contributed by atoms with Crippen molar-refractivity contribution in [2.45, 2.75) is 10.8 Å². The number of hydrogen-bond donors (Lipinski definition) is 1. The Morgan fingerprint density at radius 3 is 2.62 bits per heavy atom. The van der Waals surface area contributed by atoms with Crippen LogP contribution >= 0.6 is 22.9 Å². The van der Waals surface area contributed by atoms with Gasteiger partial charge in [-0.2, -0.15) is 4.31 Å². The molecule has 1 amide bonds. The van der Waals surface area contributed by atoms with Gasteiger partial charge in [0.05, 0.1) is 12.1 Å². The Balaban J connectivity index is 1.32. The van der Waals surface area contributed by atoms with E-state index >= 15 is 0 Å². The number of nitrogen functional groups attached to an aromatic ring is 1. The highest BCUT2D eigenvalue weighted by atomic mass is 35.5. The molecule has 10 heteroatoms. The summed E-state index contributed by atoms with van der Waals surface area (Å²) in [4.78, 5) is 18.8. The highest BCUT2D eigenvalue weighted by Crippen LogP contribution is 2.33. The van der Waals surface area contributed by atoms with Crippen molar-refractivity contribution in [2.24, 2.45) is 0 Å². The minimum Gasteiger partial charge on any atom is -0.384 e. The number of nitrogens with zero attached hydrogens (tertiary/aromatic N) is 3. The maximum atomic E-state index is 13.1. The van der Waals surface area contributed by atoms with E-state index < -0.39 is 10.0 Å². The number of halogens is 1. The molecular weight excluding hydrogens is 468 g/mol. The average Bonchev–Trinajstić information content (AvgIpc) is 3.19. The van der Waals surface area contributed by atoms with Crippen LogP contribution in [0.15, 0.2) is 58.8 Å². The first-order valence-corrected chi connectivity index (χ1v) is 12.6. The number of anilines is 1. The number of aromatic nitrogens is 1. The van der Waals surface area contributed by atoms with Crippen LogP contribution in [-0.2, 0) is 21.4 Å². The fraction of sp³-hybridized carbons (Fsp3) is 0.182. The van der Waals surface area contributed by atoms with Gasteiger partial charge in [-0.25, -0.2) is 13.4 Å². The molecule has 2 aromatic carbocycles. The zero-order chi connectivity index (χ0) is 22.5. The van der Waals surface area contributed by atoms with Crippen LogP contribution in [0, 0.1) is 0 Å². The first-order chi connectivity index (χ1) is 15.3. The van der Waals surface area contributed by atoms with Gasteiger partial charge in [-0.1, -0.05) is 29.8 Å². The zero-order valence-corrected chi connectivity index (χ0v) is 19.3. The van der Waals surface area contributed by atoms with Gasteiger partial charge in [0.15, 0.2) is 0 Å². The molecule has 0 saturated carbocycles. The third-order valence-corrected chi connectivity index (χ3v) is 9.12. The molecule has 7 nitrogen and oxygen atoms in total. The van der Waals surface area contributed by atoms with Crippen molar-refractivity contribution >= 4 is 65.7 Å². The predicted octanol–water partition coefficient (Wildman–Crippen LogP) is 3.72. The maximum Gasteiger partial charge on any atom is 0.253 e. The molecule has 1 fully saturated rings. The Morgan fingerprint density at radius 1 is 1.03 bits per heavy atom. The summed E-state index contributed by atoms with van der Waals surface area (Å²) in [7, 11) is -3.76. The number of amides is 1. The smallest absolute Gasteiger partial charge is 0.253 e. The Bertz CT molecular complexity index is 1470. The average molecular weight is 487 g/mol. The summed E-state index contributed by atoms with van der Waals surface area (Å²) in [6, 6.07) is 16.3. The fourth-order valence-corrected chi connectivity index (χ4v) is 7.00. The molecule has 0 radical (unpaired) electrons. The Morgan fingerprint density at radius 2 is 1.81 bits per heavy atom. The first kappa shape index (κ1) is 21.1. The van der Waals surface area contributed by atoms with Crippen molar-refractivity contribution in [3.05, 3.63) is 65.2 Å². The molecule has 2 aromatic heterocycles. The van der Waals surface area contributed by atoms with Crippen molar-refractivity contribution < 1.29 is 13.2 Å². The van der Waals surface area contributed by atoms with Crippen LogP contribution in [0.25, 0.3) is 21.0 Å². The van der Waals surface area contributed by atoms with Crippen LogP contribution in [0.4, 0.5) is 5.82 Å². The van der Waals surface area contributed by atoms with E-state index in [0.717, 1.165) is 37.9 Å². The molecule has 2 N–H and O–H groups in total. The lowest BCUT2D eigenvalue weighted by Crippen LogP contribution is -2.51. The van der Waals surface area contributed by atoms with E-state index in [-0.39, 0.29) is 23.2 Å². The number of thiophene rings is 1. The zero-order valence-electron chi connectivity index (χ0n) is 16.9. The molecule has 1 aliphatic rings. The predicted molar refractivity (Wildman–Crippen MR) is 127 cm³/mol. The van der Waals surface area contributed by atoms with E-state index in [2.05, 4.69) is 4.98 Å². The molecule has 5 rings (SSSR count). The summed E-state index contributed by atoms with van der Waals surface area (Å²) >= 11 is 7.18. The van der Waals surface area contributed by atoms with Crippen molar-refractivity contribution in [3.8, 4) is 0 Å². The number of pyridine rings is 1. The van der Waals surface area contributed by atoms with E-state index in [9.17, 15) is 13.2 Å². The third kappa shape index (κ3) is 3.93. The SMILES string of the molecule is Nc1ccc2ccc(CN3CCN(S(=O)(=O)c4cc5ccc(Cl)cc5s4)CC3=O)cc2n1. The standard InChI is InChI=1S/C22H19ClN4O3S2/c23-17-5-3-16-10-22(31-19(16)11-17)32(29,30)27-8-7-26(21(28)13-27)12-14-1-2-15-4-6-20(24)25-18(15)9-14/h1-6,9-11H,7-8,12-13H2,(H2,24,25). The minimum absolute atomic E-state index is 0.184. The maximum absolute atomic E-state index is 13.1. The summed E-state index contributed by atoms with van der Waals surface area (Å²) in [5.74, 6) is 0.206. The number of nitrogens with two attached hydrogens (primary N) is 1. The van der Waals surface area contributed by atoms with E-state index in [4.69, 9.17) is 17.3 Å². The monoisotopic (exact) mass is 486 g/mol. The number of carbonyl (C=O) groups excluding carboxylic acids is 1. The molecule has 0 atom stereocenters. The lowest BCUT2D eigenvalue weighted by atomic mass is 10.1. The second-order valence-corrected chi connectivity index (χ2v) is 11.3. The quantitative estimate of drug-likeness (QED) is 0.474. The first-order valence-electron chi connectivity index (χ1n) is 9.92. The molecule has 0 unspecified atom stereocenters. The van der Waals surface area contributed by atoms with E-state index in [1.54, 1.807) is 35.2 Å². The number of hydrogen-bond acceptors (Lipinski definition) is 6. The second-order valence-electron chi connectivity index (χ2n) is 7.66. The number of piperazine rings is 1. The fourth-order valence-electron chi connectivity index (χ4n) is 3.79. The van der Waals surface area contributed by atoms with E-state index in [1.807, 2.05) is 24.3 Å². The van der Waals surface area contributed by atoms with E-state index in [0.29, 0.717) is 23.9 Å². The normalized spacial score (nSPS) is 15.7. The van der Waals surface area contributed by atoms with Gasteiger partial charge in [0.2, 0.25) is 5.91 Å². The minimum atomic E-state index is -3.76. The number of fused-ring (bicyclic) bond motifs is 2. The summed E-state index contributed by atoms with van der Waals surface area (Å²) in [5, 5.41) is 2.34. The van der Waals surface area contributed by atoms with Gasteiger partial charge in [-0.15, -0.1) is 11.3 Å². The highest BCUT2D eigenvalue weighted by molar-refractivity contribution is 7.91. The molecule has 0 bridgehead atoms. The third-order valence-electron chi connectivity index (χ3n) is 5.49. The number of carbonyl (C=O) groups is 1. The lowest BCUT2D eigenvalue weighted by molar-refractivity contribution is -0.134. The molecular formula is C22H19ClN4O3S2. The van der Waals surface area contributed by atoms with E-state index in [1.165, 1.54) is 4.31 Å². The van der Waals surface area contributed by atoms with Gasteiger partial charge in [-0.05, 0) is 47.3 Å². The molecule has 0 spiro atoms. The Hall–Kier alpha value is -2.72. The van der Waals surface area contributed by atoms with Crippen molar-refractivity contribution in [3.63, 3.8) is 0 Å². The second kappa shape index (κ2) is 8.00. The lowest BCUT2D eigenvalue weighted by Gasteiger charge is -2.33. The topological polar surface area (TPSA) is 96.6 Å². The van der Waals surface area contributed by atoms with Crippen molar-refractivity contribution in [1.82, 2.24) is 14.2 Å². The molecule has 1 saturated heterocycles. The Labute approximate surface area is 194 Å². The largest absolute Gasteiger partial charge is 0.384 e. The van der Waals surface area contributed by atoms with Gasteiger partial charge in [0.25, 0.3) is 10.0 Å². The van der Waals surface area contributed by atoms with Gasteiger partial charge < -0.3 is 10.6 Å². The molecule has 0 aliphatic carbocycles. The molecule has 3 heterocycles. The summed E-state index contributed by atoms with van der Waals surface area (Å²) < 4.78 is 28.6. The Kier molecular flexibility index (Phi) is 5.29. The number of sulfonamides is 1. The van der Waals surface area contributed by atoms with Crippen LogP contribution in [-0.4, -0.2) is 48.1 Å². The van der Waals surface area contributed by atoms with Crippen molar-refractivity contribution in [1.29, 1.82) is 0 Å². The molecule has 32 heavy (non-hydrogen) atoms. The van der Waals surface area contributed by atoms with Crippen LogP contribution in [0.3, 0.4) is 0 Å².